The van der Waals surface area contributed by atoms with Crippen molar-refractivity contribution in [3.63, 3.8) is 0 Å². The number of hydrogen-bond acceptors (Lipinski definition) is 7. The van der Waals surface area contributed by atoms with E-state index in [0.717, 1.165) is 22.6 Å². The van der Waals surface area contributed by atoms with E-state index in [4.69, 9.17) is 15.3 Å². The van der Waals surface area contributed by atoms with Crippen LogP contribution >= 0.6 is 11.5 Å². The molecule has 1 atom stereocenters. The van der Waals surface area contributed by atoms with Crippen molar-refractivity contribution in [3.8, 4) is 11.5 Å². The molecule has 1 aromatic carbocycles. The van der Waals surface area contributed by atoms with Crippen molar-refractivity contribution in [2.45, 2.75) is 19.4 Å². The van der Waals surface area contributed by atoms with Crippen LogP contribution in [0, 0.1) is 0 Å². The predicted octanol–water partition coefficient (Wildman–Crippen LogP) is 1.67. The Kier molecular flexibility index (Phi) is 4.89. The van der Waals surface area contributed by atoms with Gasteiger partial charge in [0.15, 0.2) is 11.5 Å². The van der Waals surface area contributed by atoms with Crippen molar-refractivity contribution in [3.05, 3.63) is 34.3 Å². The normalized spacial score (nSPS) is 12.2. The van der Waals surface area contributed by atoms with Crippen LogP contribution in [0.4, 0.5) is 0 Å². The van der Waals surface area contributed by atoms with Gasteiger partial charge < -0.3 is 9.47 Å². The smallest absolute Gasteiger partial charge is 0.161 e. The van der Waals surface area contributed by atoms with Gasteiger partial charge in [-0.05, 0) is 35.6 Å². The fourth-order valence-corrected chi connectivity index (χ4v) is 2.86. The summed E-state index contributed by atoms with van der Waals surface area (Å²) in [7, 11) is 3.22. The topological polar surface area (TPSA) is 82.3 Å². The Hall–Kier alpha value is -1.70. The molecule has 0 saturated heterocycles. The maximum absolute atomic E-state index is 5.71. The number of hydrogen-bond donors (Lipinski definition) is 2. The first kappa shape index (κ1) is 14.7. The van der Waals surface area contributed by atoms with E-state index in [-0.39, 0.29) is 6.04 Å². The van der Waals surface area contributed by atoms with Crippen LogP contribution in [0.5, 0.6) is 11.5 Å². The molecule has 3 N–H and O–H groups in total. The lowest BCUT2D eigenvalue weighted by Gasteiger charge is -2.17. The maximum atomic E-state index is 5.71. The average Bonchev–Trinajstić information content (AvgIpc) is 2.96. The minimum Gasteiger partial charge on any atom is -0.493 e. The van der Waals surface area contributed by atoms with Gasteiger partial charge in [-0.1, -0.05) is 17.5 Å². The van der Waals surface area contributed by atoms with Gasteiger partial charge in [-0.15, -0.1) is 5.10 Å². The molecule has 0 aliphatic heterocycles. The number of ether oxygens (including phenoxy) is 2. The fourth-order valence-electron chi connectivity index (χ4n) is 2.04. The lowest BCUT2D eigenvalue weighted by Crippen LogP contribution is -2.29. The molecule has 0 fully saturated rings. The number of aryl methyl sites for hydroxylation is 1. The highest BCUT2D eigenvalue weighted by molar-refractivity contribution is 7.05. The molecule has 0 radical (unpaired) electrons. The van der Waals surface area contributed by atoms with Gasteiger partial charge in [-0.25, -0.2) is 5.43 Å². The summed E-state index contributed by atoms with van der Waals surface area (Å²) in [5.74, 6) is 7.06. The van der Waals surface area contributed by atoms with Gasteiger partial charge in [0.2, 0.25) is 0 Å². The quantitative estimate of drug-likeness (QED) is 0.623. The highest BCUT2D eigenvalue weighted by Crippen LogP contribution is 2.33. The molecule has 7 heteroatoms. The van der Waals surface area contributed by atoms with E-state index in [1.54, 1.807) is 14.2 Å². The number of hydrazine groups is 1. The molecule has 20 heavy (non-hydrogen) atoms. The first-order chi connectivity index (χ1) is 9.74. The van der Waals surface area contributed by atoms with Crippen LogP contribution < -0.4 is 20.7 Å². The Morgan fingerprint density at radius 3 is 2.65 bits per heavy atom. The molecule has 0 amide bonds. The summed E-state index contributed by atoms with van der Waals surface area (Å²) in [5.41, 5.74) is 4.75. The summed E-state index contributed by atoms with van der Waals surface area (Å²) in [6.45, 7) is 2.04. The molecule has 0 aliphatic rings. The van der Waals surface area contributed by atoms with Crippen molar-refractivity contribution in [1.82, 2.24) is 15.0 Å². The lowest BCUT2D eigenvalue weighted by atomic mass is 10.0. The van der Waals surface area contributed by atoms with Crippen LogP contribution in [0.2, 0.25) is 0 Å². The second-order valence-electron chi connectivity index (χ2n) is 4.15. The van der Waals surface area contributed by atoms with Gasteiger partial charge in [-0.2, -0.15) is 0 Å². The molecular weight excluding hydrogens is 276 g/mol. The monoisotopic (exact) mass is 294 g/mol. The Labute approximate surface area is 122 Å². The molecule has 1 heterocycles. The third-order valence-electron chi connectivity index (χ3n) is 3.09. The molecular formula is C13H18N4O2S. The number of rotatable bonds is 6. The number of nitrogens with zero attached hydrogens (tertiary/aromatic N) is 2. The zero-order chi connectivity index (χ0) is 14.5. The molecule has 0 aliphatic carbocycles. The Morgan fingerprint density at radius 2 is 2.05 bits per heavy atom. The third kappa shape index (κ3) is 2.74. The second-order valence-corrected chi connectivity index (χ2v) is 4.94. The number of nitrogens with one attached hydrogen (secondary N) is 1. The summed E-state index contributed by atoms with van der Waals surface area (Å²) in [5, 5.41) is 4.12. The molecule has 2 rings (SSSR count). The zero-order valence-corrected chi connectivity index (χ0v) is 12.5. The van der Waals surface area contributed by atoms with Crippen LogP contribution in [0.3, 0.4) is 0 Å². The van der Waals surface area contributed by atoms with E-state index in [2.05, 4.69) is 15.0 Å². The Balaban J connectivity index is 2.42. The van der Waals surface area contributed by atoms with Crippen LogP contribution in [0.1, 0.15) is 29.1 Å². The largest absolute Gasteiger partial charge is 0.493 e. The minimum atomic E-state index is -0.162. The summed E-state index contributed by atoms with van der Waals surface area (Å²) >= 11 is 1.35. The SMILES string of the molecule is CCc1nnsc1C(NN)c1ccc(OC)c(OC)c1. The summed E-state index contributed by atoms with van der Waals surface area (Å²) < 4.78 is 14.6. The van der Waals surface area contributed by atoms with Gasteiger partial charge in [0, 0.05) is 0 Å². The molecule has 0 saturated carbocycles. The lowest BCUT2D eigenvalue weighted by molar-refractivity contribution is 0.354. The first-order valence-electron chi connectivity index (χ1n) is 6.24. The number of aromatic nitrogens is 2. The van der Waals surface area contributed by atoms with Gasteiger partial charge in [-0.3, -0.25) is 5.84 Å². The highest BCUT2D eigenvalue weighted by Gasteiger charge is 2.20. The standard InChI is InChI=1S/C13H18N4O2S/c1-4-9-13(20-17-16-9)12(15-14)8-5-6-10(18-2)11(7-8)19-3/h5-7,12,15H,4,14H2,1-3H3. The van der Waals surface area contributed by atoms with Gasteiger partial charge in [0.05, 0.1) is 30.8 Å². The van der Waals surface area contributed by atoms with Crippen molar-refractivity contribution in [1.29, 1.82) is 0 Å². The molecule has 6 nitrogen and oxygen atoms in total. The van der Waals surface area contributed by atoms with Gasteiger partial charge >= 0.3 is 0 Å². The maximum Gasteiger partial charge on any atom is 0.161 e. The fraction of sp³-hybridized carbons (Fsp3) is 0.385. The van der Waals surface area contributed by atoms with Crippen LogP contribution in [0.25, 0.3) is 0 Å². The third-order valence-corrected chi connectivity index (χ3v) is 3.92. The van der Waals surface area contributed by atoms with E-state index in [0.29, 0.717) is 11.5 Å². The minimum absolute atomic E-state index is 0.162. The van der Waals surface area contributed by atoms with Crippen molar-refractivity contribution < 1.29 is 9.47 Å². The first-order valence-corrected chi connectivity index (χ1v) is 7.01. The van der Waals surface area contributed by atoms with Crippen molar-refractivity contribution in [2.75, 3.05) is 14.2 Å². The Morgan fingerprint density at radius 1 is 1.30 bits per heavy atom. The van der Waals surface area contributed by atoms with E-state index in [1.807, 2.05) is 25.1 Å². The van der Waals surface area contributed by atoms with Gasteiger partial charge in [0.25, 0.3) is 0 Å². The molecule has 0 spiro atoms. The molecule has 2 aromatic rings. The predicted molar refractivity (Wildman–Crippen MR) is 78.0 cm³/mol. The number of benzene rings is 1. The Bertz CT molecular complexity index is 573. The van der Waals surface area contributed by atoms with Gasteiger partial charge in [0.1, 0.15) is 0 Å². The highest BCUT2D eigenvalue weighted by atomic mass is 32.1. The summed E-state index contributed by atoms with van der Waals surface area (Å²) in [4.78, 5) is 1.02. The zero-order valence-electron chi connectivity index (χ0n) is 11.7. The van der Waals surface area contributed by atoms with E-state index in [9.17, 15) is 0 Å². The van der Waals surface area contributed by atoms with Crippen LogP contribution in [0.15, 0.2) is 18.2 Å². The van der Waals surface area contributed by atoms with Crippen molar-refractivity contribution >= 4 is 11.5 Å². The van der Waals surface area contributed by atoms with Crippen molar-refractivity contribution in [2.24, 2.45) is 5.84 Å². The number of nitrogens with two attached hydrogens (primary N) is 1. The van der Waals surface area contributed by atoms with E-state index >= 15 is 0 Å². The van der Waals surface area contributed by atoms with Crippen LogP contribution in [-0.4, -0.2) is 23.8 Å². The molecule has 1 aromatic heterocycles. The number of methoxy groups -OCH3 is 2. The van der Waals surface area contributed by atoms with E-state index < -0.39 is 0 Å². The summed E-state index contributed by atoms with van der Waals surface area (Å²) in [6, 6.07) is 5.55. The second kappa shape index (κ2) is 6.65. The summed E-state index contributed by atoms with van der Waals surface area (Å²) in [6.07, 6.45) is 0.817. The molecule has 0 bridgehead atoms. The average molecular weight is 294 g/mol. The van der Waals surface area contributed by atoms with Crippen LogP contribution in [-0.2, 0) is 6.42 Å². The van der Waals surface area contributed by atoms with E-state index in [1.165, 1.54) is 11.5 Å². The molecule has 1 unspecified atom stereocenters. The molecule has 108 valence electrons.